The van der Waals surface area contributed by atoms with E-state index in [0.717, 1.165) is 17.8 Å². The molecule has 6 nitrogen and oxygen atoms in total. The average molecular weight is 375 g/mol. The molecule has 3 rings (SSSR count). The summed E-state index contributed by atoms with van der Waals surface area (Å²) in [5.41, 5.74) is 1.95. The number of β-amino-alcohol motifs (C(OH)–C–C–N with tert-alkyl or cyclic N) is 1. The SMILES string of the molecule is Cc1cc(C)nc(Nc2ccc(Cl)c(C(=O)N3CCCC(C)(O)C3)c2)n1. The minimum atomic E-state index is -0.858. The van der Waals surface area contributed by atoms with Gasteiger partial charge >= 0.3 is 0 Å². The maximum Gasteiger partial charge on any atom is 0.255 e. The van der Waals surface area contributed by atoms with E-state index in [9.17, 15) is 9.90 Å². The van der Waals surface area contributed by atoms with Crippen LogP contribution in [0.25, 0.3) is 0 Å². The zero-order chi connectivity index (χ0) is 18.9. The normalized spacial score (nSPS) is 20.1. The zero-order valence-corrected chi connectivity index (χ0v) is 16.0. The fraction of sp³-hybridized carbons (Fsp3) is 0.421. The lowest BCUT2D eigenvalue weighted by Gasteiger charge is -2.37. The van der Waals surface area contributed by atoms with E-state index in [2.05, 4.69) is 15.3 Å². The van der Waals surface area contributed by atoms with Crippen LogP contribution in [0.1, 0.15) is 41.5 Å². The van der Waals surface area contributed by atoms with Crippen LogP contribution in [0.4, 0.5) is 11.6 Å². The molecule has 0 spiro atoms. The van der Waals surface area contributed by atoms with Crippen molar-refractivity contribution >= 4 is 29.1 Å². The van der Waals surface area contributed by atoms with Crippen molar-refractivity contribution in [1.82, 2.24) is 14.9 Å². The molecule has 1 amide bonds. The van der Waals surface area contributed by atoms with Gasteiger partial charge in [0.1, 0.15) is 0 Å². The topological polar surface area (TPSA) is 78.4 Å². The van der Waals surface area contributed by atoms with Crippen LogP contribution in [0.2, 0.25) is 5.02 Å². The molecule has 2 N–H and O–H groups in total. The van der Waals surface area contributed by atoms with Gasteiger partial charge in [0.25, 0.3) is 5.91 Å². The van der Waals surface area contributed by atoms with E-state index in [1.54, 1.807) is 30.0 Å². The molecule has 1 aliphatic heterocycles. The number of aliphatic hydroxyl groups is 1. The Bertz CT molecular complexity index is 818. The number of hydrogen-bond acceptors (Lipinski definition) is 5. The van der Waals surface area contributed by atoms with Crippen molar-refractivity contribution in [3.63, 3.8) is 0 Å². The quantitative estimate of drug-likeness (QED) is 0.859. The van der Waals surface area contributed by atoms with Crippen molar-refractivity contribution in [2.24, 2.45) is 0 Å². The van der Waals surface area contributed by atoms with Gasteiger partial charge in [0.05, 0.1) is 16.2 Å². The summed E-state index contributed by atoms with van der Waals surface area (Å²) < 4.78 is 0. The van der Waals surface area contributed by atoms with E-state index in [1.165, 1.54) is 0 Å². The number of carbonyl (C=O) groups is 1. The molecule has 1 atom stereocenters. The maximum absolute atomic E-state index is 12.9. The second-order valence-corrected chi connectivity index (χ2v) is 7.53. The lowest BCUT2D eigenvalue weighted by Crippen LogP contribution is -2.48. The highest BCUT2D eigenvalue weighted by Gasteiger charge is 2.32. The summed E-state index contributed by atoms with van der Waals surface area (Å²) in [4.78, 5) is 23.3. The van der Waals surface area contributed by atoms with Gasteiger partial charge in [0.15, 0.2) is 0 Å². The van der Waals surface area contributed by atoms with Crippen LogP contribution in [0.5, 0.6) is 0 Å². The number of nitrogens with zero attached hydrogens (tertiary/aromatic N) is 3. The Balaban J connectivity index is 1.84. The Morgan fingerprint density at radius 1 is 1.27 bits per heavy atom. The van der Waals surface area contributed by atoms with Gasteiger partial charge in [0.2, 0.25) is 5.95 Å². The summed E-state index contributed by atoms with van der Waals surface area (Å²) in [5.74, 6) is 0.295. The van der Waals surface area contributed by atoms with E-state index < -0.39 is 5.60 Å². The van der Waals surface area contributed by atoms with Crippen LogP contribution in [0.3, 0.4) is 0 Å². The van der Waals surface area contributed by atoms with Crippen molar-refractivity contribution < 1.29 is 9.90 Å². The third-order valence-corrected chi connectivity index (χ3v) is 4.73. The number of piperidine rings is 1. The molecule has 2 aromatic rings. The van der Waals surface area contributed by atoms with Crippen molar-refractivity contribution in [2.45, 2.75) is 39.2 Å². The van der Waals surface area contributed by atoms with E-state index in [-0.39, 0.29) is 5.91 Å². The molecule has 1 saturated heterocycles. The Hall–Kier alpha value is -2.18. The second-order valence-electron chi connectivity index (χ2n) is 7.12. The highest BCUT2D eigenvalue weighted by molar-refractivity contribution is 6.34. The molecule has 26 heavy (non-hydrogen) atoms. The molecule has 1 fully saturated rings. The summed E-state index contributed by atoms with van der Waals surface area (Å²) in [6, 6.07) is 7.06. The van der Waals surface area contributed by atoms with Gasteiger partial charge < -0.3 is 15.3 Å². The number of nitrogens with one attached hydrogen (secondary N) is 1. The first-order valence-corrected chi connectivity index (χ1v) is 9.02. The highest BCUT2D eigenvalue weighted by atomic mass is 35.5. The van der Waals surface area contributed by atoms with Gasteiger partial charge in [-0.3, -0.25) is 4.79 Å². The molecule has 7 heteroatoms. The molecule has 0 saturated carbocycles. The first-order chi connectivity index (χ1) is 12.2. The number of hydrogen-bond donors (Lipinski definition) is 2. The number of aromatic nitrogens is 2. The van der Waals surface area contributed by atoms with Gasteiger partial charge in [0, 0.05) is 30.2 Å². The van der Waals surface area contributed by atoms with E-state index in [0.29, 0.717) is 41.7 Å². The summed E-state index contributed by atoms with van der Waals surface area (Å²) in [6.45, 7) is 6.48. The Kier molecular flexibility index (Phi) is 5.16. The minimum Gasteiger partial charge on any atom is -0.388 e. The van der Waals surface area contributed by atoms with Crippen molar-refractivity contribution in [3.05, 3.63) is 46.2 Å². The van der Waals surface area contributed by atoms with Crippen molar-refractivity contribution in [1.29, 1.82) is 0 Å². The van der Waals surface area contributed by atoms with Crippen LogP contribution in [0.15, 0.2) is 24.3 Å². The van der Waals surface area contributed by atoms with E-state index in [4.69, 9.17) is 11.6 Å². The third kappa shape index (κ3) is 4.31. The lowest BCUT2D eigenvalue weighted by atomic mass is 9.94. The predicted octanol–water partition coefficient (Wildman–Crippen LogP) is 3.48. The van der Waals surface area contributed by atoms with Crippen LogP contribution in [0, 0.1) is 13.8 Å². The summed E-state index contributed by atoms with van der Waals surface area (Å²) >= 11 is 6.27. The van der Waals surface area contributed by atoms with Gasteiger partial charge in [-0.1, -0.05) is 11.6 Å². The van der Waals surface area contributed by atoms with Crippen LogP contribution < -0.4 is 5.32 Å². The van der Waals surface area contributed by atoms with Crippen molar-refractivity contribution in [2.75, 3.05) is 18.4 Å². The molecule has 138 valence electrons. The lowest BCUT2D eigenvalue weighted by molar-refractivity contribution is -0.0107. The molecule has 1 aromatic carbocycles. The standard InChI is InChI=1S/C19H23ClN4O2/c1-12-9-13(2)22-18(21-12)23-14-5-6-16(20)15(10-14)17(25)24-8-4-7-19(3,26)11-24/h5-6,9-10,26H,4,7-8,11H2,1-3H3,(H,21,22,23). The first-order valence-electron chi connectivity index (χ1n) is 8.64. The summed E-state index contributed by atoms with van der Waals surface area (Å²) in [5, 5.41) is 13.8. The number of amides is 1. The molecule has 1 unspecified atom stereocenters. The van der Waals surface area contributed by atoms with E-state index >= 15 is 0 Å². The van der Waals surface area contributed by atoms with E-state index in [1.807, 2.05) is 19.9 Å². The van der Waals surface area contributed by atoms with Crippen LogP contribution in [-0.2, 0) is 0 Å². The Labute approximate surface area is 158 Å². The highest BCUT2D eigenvalue weighted by Crippen LogP contribution is 2.27. The van der Waals surface area contributed by atoms with Gasteiger partial charge in [-0.15, -0.1) is 0 Å². The number of rotatable bonds is 3. The summed E-state index contributed by atoms with van der Waals surface area (Å²) in [7, 11) is 0. The molecule has 0 bridgehead atoms. The Morgan fingerprint density at radius 3 is 2.62 bits per heavy atom. The molecular weight excluding hydrogens is 352 g/mol. The van der Waals surface area contributed by atoms with Gasteiger partial charge in [-0.2, -0.15) is 0 Å². The predicted molar refractivity (Wildman–Crippen MR) is 102 cm³/mol. The second kappa shape index (κ2) is 7.21. The maximum atomic E-state index is 12.9. The molecule has 1 aliphatic rings. The smallest absolute Gasteiger partial charge is 0.255 e. The van der Waals surface area contributed by atoms with Gasteiger partial charge in [-0.25, -0.2) is 9.97 Å². The molecule has 0 aliphatic carbocycles. The number of halogens is 1. The molecule has 0 radical (unpaired) electrons. The summed E-state index contributed by atoms with van der Waals surface area (Å²) in [6.07, 6.45) is 1.46. The molecular formula is C19H23ClN4O2. The fourth-order valence-electron chi connectivity index (χ4n) is 3.24. The molecule has 2 heterocycles. The monoisotopic (exact) mass is 374 g/mol. The third-order valence-electron chi connectivity index (χ3n) is 4.40. The first kappa shape index (κ1) is 18.6. The number of aryl methyl sites for hydroxylation is 2. The largest absolute Gasteiger partial charge is 0.388 e. The number of benzene rings is 1. The zero-order valence-electron chi connectivity index (χ0n) is 15.2. The number of carbonyl (C=O) groups excluding carboxylic acids is 1. The Morgan fingerprint density at radius 2 is 1.96 bits per heavy atom. The average Bonchev–Trinajstić information content (AvgIpc) is 2.54. The van der Waals surface area contributed by atoms with Crippen LogP contribution >= 0.6 is 11.6 Å². The molecule has 1 aromatic heterocycles. The van der Waals surface area contributed by atoms with Gasteiger partial charge in [-0.05, 0) is 57.9 Å². The number of likely N-dealkylation sites (tertiary alicyclic amines) is 1. The number of anilines is 2. The van der Waals surface area contributed by atoms with Crippen LogP contribution in [-0.4, -0.2) is 44.6 Å². The van der Waals surface area contributed by atoms with Crippen molar-refractivity contribution in [3.8, 4) is 0 Å². The fourth-order valence-corrected chi connectivity index (χ4v) is 3.44. The minimum absolute atomic E-state index is 0.181.